The minimum absolute atomic E-state index is 0.0163. The van der Waals surface area contributed by atoms with Crippen LogP contribution in [-0.2, 0) is 22.5 Å². The van der Waals surface area contributed by atoms with Crippen LogP contribution in [0.1, 0.15) is 65.3 Å². The molecular weight excluding hydrogens is 655 g/mol. The molecule has 13 heteroatoms. The highest BCUT2D eigenvalue weighted by Crippen LogP contribution is 2.38. The van der Waals surface area contributed by atoms with Crippen molar-refractivity contribution in [1.82, 2.24) is 9.80 Å². The van der Waals surface area contributed by atoms with Crippen molar-refractivity contribution in [3.63, 3.8) is 0 Å². The Morgan fingerprint density at radius 2 is 1.81 bits per heavy atom. The van der Waals surface area contributed by atoms with Crippen LogP contribution in [0, 0.1) is 11.1 Å². The van der Waals surface area contributed by atoms with E-state index in [4.69, 9.17) is 37.4 Å². The largest absolute Gasteiger partial charge is 0.619 e. The fourth-order valence-electron chi connectivity index (χ4n) is 5.69. The van der Waals surface area contributed by atoms with Crippen LogP contribution in [0.2, 0.25) is 10.0 Å². The van der Waals surface area contributed by atoms with Gasteiger partial charge in [-0.1, -0.05) is 41.4 Å². The molecule has 2 atom stereocenters. The number of halogens is 4. The number of alkyl halides is 2. The molecule has 1 unspecified atom stereocenters. The summed E-state index contributed by atoms with van der Waals surface area (Å²) in [5, 5.41) is 12.1. The first kappa shape index (κ1) is 34.7. The smallest absolute Gasteiger partial charge is 0.387 e. The summed E-state index contributed by atoms with van der Waals surface area (Å²) in [4.78, 5) is 29.8. The molecular formula is C34H37Cl2F2N3O6. The number of carbonyl (C=O) groups is 2. The van der Waals surface area contributed by atoms with E-state index in [1.807, 2.05) is 18.2 Å². The van der Waals surface area contributed by atoms with Crippen molar-refractivity contribution in [1.29, 1.82) is 0 Å². The van der Waals surface area contributed by atoms with Gasteiger partial charge in [0.25, 0.3) is 5.91 Å². The van der Waals surface area contributed by atoms with Crippen LogP contribution in [0.15, 0.2) is 54.9 Å². The van der Waals surface area contributed by atoms with Crippen molar-refractivity contribution in [2.45, 2.75) is 63.8 Å². The van der Waals surface area contributed by atoms with E-state index >= 15 is 0 Å². The first-order valence-corrected chi connectivity index (χ1v) is 16.2. The van der Waals surface area contributed by atoms with Crippen LogP contribution in [0.3, 0.4) is 0 Å². The number of pyridine rings is 1. The molecule has 1 aliphatic heterocycles. The molecule has 2 aliphatic rings. The van der Waals surface area contributed by atoms with E-state index in [0.29, 0.717) is 40.5 Å². The van der Waals surface area contributed by atoms with Crippen molar-refractivity contribution in [3.05, 3.63) is 92.4 Å². The highest BCUT2D eigenvalue weighted by molar-refractivity contribution is 6.35. The Hall–Kier alpha value is -3.67. The van der Waals surface area contributed by atoms with E-state index in [2.05, 4.69) is 4.90 Å². The SMILES string of the molecule is CN(C)C(=O)c1cccc(CN2CCCC2CC(=O)O[C@@H](Cc2c(Cl)c[n+]([O-])cc2Cl)c2ccc(OC(F)F)c(OCC3CC3)c2)c1. The predicted molar refractivity (Wildman–Crippen MR) is 172 cm³/mol. The molecule has 1 aromatic heterocycles. The summed E-state index contributed by atoms with van der Waals surface area (Å²) in [6, 6.07) is 11.8. The Kier molecular flexibility index (Phi) is 11.4. The van der Waals surface area contributed by atoms with Gasteiger partial charge in [0, 0.05) is 44.2 Å². The molecule has 0 bridgehead atoms. The molecule has 1 aliphatic carbocycles. The number of amides is 1. The van der Waals surface area contributed by atoms with E-state index in [1.165, 1.54) is 23.1 Å². The average molecular weight is 693 g/mol. The van der Waals surface area contributed by atoms with Gasteiger partial charge in [0.1, 0.15) is 16.1 Å². The molecule has 2 heterocycles. The van der Waals surface area contributed by atoms with E-state index in [-0.39, 0.29) is 46.3 Å². The number of ether oxygens (including phenoxy) is 3. The van der Waals surface area contributed by atoms with Crippen LogP contribution in [0.4, 0.5) is 8.78 Å². The number of aromatic nitrogens is 1. The van der Waals surface area contributed by atoms with Gasteiger partial charge in [-0.15, -0.1) is 0 Å². The minimum atomic E-state index is -3.05. The molecule has 0 radical (unpaired) electrons. The second-order valence-corrected chi connectivity index (χ2v) is 13.0. The summed E-state index contributed by atoms with van der Waals surface area (Å²) >= 11 is 12.8. The molecule has 2 fully saturated rings. The molecule has 9 nitrogen and oxygen atoms in total. The second kappa shape index (κ2) is 15.5. The number of hydrogen-bond acceptors (Lipinski definition) is 7. The Morgan fingerprint density at radius 1 is 1.06 bits per heavy atom. The second-order valence-electron chi connectivity index (χ2n) is 12.2. The van der Waals surface area contributed by atoms with E-state index in [9.17, 15) is 23.6 Å². The molecule has 0 N–H and O–H groups in total. The van der Waals surface area contributed by atoms with E-state index < -0.39 is 18.7 Å². The summed E-state index contributed by atoms with van der Waals surface area (Å²) in [6.07, 6.45) is 5.16. The molecule has 252 valence electrons. The van der Waals surface area contributed by atoms with Crippen molar-refractivity contribution in [2.24, 2.45) is 5.92 Å². The third-order valence-electron chi connectivity index (χ3n) is 8.32. The number of rotatable bonds is 14. The molecule has 1 saturated carbocycles. The fraction of sp³-hybridized carbons (Fsp3) is 0.441. The lowest BCUT2D eigenvalue weighted by atomic mass is 10.0. The van der Waals surface area contributed by atoms with Crippen LogP contribution >= 0.6 is 23.2 Å². The number of likely N-dealkylation sites (tertiary alicyclic amines) is 1. The lowest BCUT2D eigenvalue weighted by Gasteiger charge is -2.26. The summed E-state index contributed by atoms with van der Waals surface area (Å²) < 4.78 is 43.5. The molecule has 1 amide bonds. The quantitative estimate of drug-likeness (QED) is 0.107. The maximum atomic E-state index is 13.6. The van der Waals surface area contributed by atoms with Crippen LogP contribution in [0.5, 0.6) is 11.5 Å². The Balaban J connectivity index is 1.35. The number of hydrogen-bond donors (Lipinski definition) is 0. The van der Waals surface area contributed by atoms with E-state index in [0.717, 1.165) is 50.2 Å². The standard InChI is InChI=1S/C34H37Cl2F2N3O6/c1-39(2)33(43)24-6-3-5-22(13-24)17-40-12-4-7-25(40)15-32(42)46-30(16-26-27(35)18-41(44)19-28(26)36)23-10-11-29(47-34(37)38)31(14-23)45-20-21-8-9-21/h3,5-6,10-11,13-14,18-19,21,25,30,34H,4,7-9,12,15-17,20H2,1-2H3/t25?,30-/m0/s1. The van der Waals surface area contributed by atoms with Gasteiger partial charge in [-0.3, -0.25) is 14.5 Å². The van der Waals surface area contributed by atoms with Crippen LogP contribution < -0.4 is 14.2 Å². The lowest BCUT2D eigenvalue weighted by Crippen LogP contribution is -2.32. The molecule has 3 aromatic rings. The number of esters is 1. The topological polar surface area (TPSA) is 95.3 Å². The number of benzene rings is 2. The fourth-order valence-corrected chi connectivity index (χ4v) is 6.29. The van der Waals surface area contributed by atoms with Crippen molar-refractivity contribution < 1.29 is 37.3 Å². The summed E-state index contributed by atoms with van der Waals surface area (Å²) in [5.74, 6) is -0.236. The van der Waals surface area contributed by atoms with E-state index in [1.54, 1.807) is 20.2 Å². The van der Waals surface area contributed by atoms with Crippen LogP contribution in [0.25, 0.3) is 0 Å². The van der Waals surface area contributed by atoms with Gasteiger partial charge in [0.15, 0.2) is 23.9 Å². The summed E-state index contributed by atoms with van der Waals surface area (Å²) in [7, 11) is 3.41. The number of carbonyl (C=O) groups excluding carboxylic acids is 2. The zero-order valence-corrected chi connectivity index (χ0v) is 27.7. The van der Waals surface area contributed by atoms with Gasteiger partial charge in [0.05, 0.1) is 13.0 Å². The summed E-state index contributed by atoms with van der Waals surface area (Å²) in [6.45, 7) is -1.36. The maximum Gasteiger partial charge on any atom is 0.387 e. The molecule has 0 spiro atoms. The zero-order chi connectivity index (χ0) is 33.7. The van der Waals surface area contributed by atoms with Crippen molar-refractivity contribution in [2.75, 3.05) is 27.2 Å². The normalized spacial score (nSPS) is 17.0. The Bertz CT molecular complexity index is 1570. The number of nitrogens with zero attached hydrogens (tertiary/aromatic N) is 3. The highest BCUT2D eigenvalue weighted by Gasteiger charge is 2.30. The first-order chi connectivity index (χ1) is 22.5. The average Bonchev–Trinajstić information content (AvgIpc) is 3.75. The molecule has 5 rings (SSSR count). The molecule has 47 heavy (non-hydrogen) atoms. The van der Waals surface area contributed by atoms with Gasteiger partial charge < -0.3 is 24.3 Å². The Labute approximate surface area is 282 Å². The van der Waals surface area contributed by atoms with Crippen LogP contribution in [-0.4, -0.2) is 61.6 Å². The van der Waals surface area contributed by atoms with Gasteiger partial charge in [-0.25, -0.2) is 0 Å². The monoisotopic (exact) mass is 691 g/mol. The van der Waals surface area contributed by atoms with Gasteiger partial charge >= 0.3 is 12.6 Å². The summed E-state index contributed by atoms with van der Waals surface area (Å²) in [5.41, 5.74) is 2.41. The van der Waals surface area contributed by atoms with Gasteiger partial charge in [0.2, 0.25) is 0 Å². The predicted octanol–water partition coefficient (Wildman–Crippen LogP) is 6.60. The van der Waals surface area contributed by atoms with Crippen molar-refractivity contribution in [3.8, 4) is 11.5 Å². The molecule has 2 aromatic carbocycles. The Morgan fingerprint density at radius 3 is 2.49 bits per heavy atom. The third-order valence-corrected chi connectivity index (χ3v) is 8.97. The first-order valence-electron chi connectivity index (χ1n) is 15.5. The minimum Gasteiger partial charge on any atom is -0.619 e. The van der Waals surface area contributed by atoms with Crippen molar-refractivity contribution >= 4 is 35.1 Å². The third kappa shape index (κ3) is 9.46. The highest BCUT2D eigenvalue weighted by atomic mass is 35.5. The van der Waals surface area contributed by atoms with Gasteiger partial charge in [-0.2, -0.15) is 13.5 Å². The molecule has 1 saturated heterocycles. The van der Waals surface area contributed by atoms with Gasteiger partial charge in [-0.05, 0) is 73.5 Å². The lowest BCUT2D eigenvalue weighted by molar-refractivity contribution is -0.605. The zero-order valence-electron chi connectivity index (χ0n) is 26.2. The maximum absolute atomic E-state index is 13.6.